The number of hydrogen-bond acceptors (Lipinski definition) is 6. The van der Waals surface area contributed by atoms with Gasteiger partial charge in [0, 0.05) is 30.2 Å². The minimum atomic E-state index is -0.675. The first-order chi connectivity index (χ1) is 12.5. The summed E-state index contributed by atoms with van der Waals surface area (Å²) >= 11 is 0. The zero-order chi connectivity index (χ0) is 18.7. The first-order valence-corrected chi connectivity index (χ1v) is 7.96. The van der Waals surface area contributed by atoms with Gasteiger partial charge in [0.15, 0.2) is 0 Å². The lowest BCUT2D eigenvalue weighted by Gasteiger charge is -2.13. The quantitative estimate of drug-likeness (QED) is 0.369. The maximum Gasteiger partial charge on any atom is 0.375 e. The number of non-ortho nitro benzene ring substituents is 1. The number of nitro groups is 1. The van der Waals surface area contributed by atoms with Gasteiger partial charge in [0.1, 0.15) is 11.7 Å². The zero-order valence-corrected chi connectivity index (χ0v) is 14.3. The highest BCUT2D eigenvalue weighted by Gasteiger charge is 2.24. The van der Waals surface area contributed by atoms with Crippen LogP contribution in [-0.2, 0) is 16.1 Å². The van der Waals surface area contributed by atoms with Crippen molar-refractivity contribution in [3.8, 4) is 0 Å². The van der Waals surface area contributed by atoms with Crippen molar-refractivity contribution in [3.05, 3.63) is 75.5 Å². The van der Waals surface area contributed by atoms with Gasteiger partial charge in [0.25, 0.3) is 5.69 Å². The smallest absolute Gasteiger partial charge is 0.375 e. The first kappa shape index (κ1) is 17.6. The molecule has 1 heterocycles. The molecule has 2 aromatic carbocycles. The highest BCUT2D eigenvalue weighted by atomic mass is 16.6. The molecule has 0 saturated heterocycles. The van der Waals surface area contributed by atoms with E-state index in [1.54, 1.807) is 25.1 Å². The van der Waals surface area contributed by atoms with Crippen molar-refractivity contribution in [2.75, 3.05) is 7.11 Å². The number of benzene rings is 2. The minimum Gasteiger partial charge on any atom is -0.452 e. The van der Waals surface area contributed by atoms with E-state index in [-0.39, 0.29) is 18.1 Å². The maximum absolute atomic E-state index is 12.6. The van der Waals surface area contributed by atoms with Crippen LogP contribution in [0, 0.1) is 10.1 Å². The predicted octanol–water partition coefficient (Wildman–Crippen LogP) is 4.41. The van der Waals surface area contributed by atoms with Crippen molar-refractivity contribution in [2.45, 2.75) is 19.6 Å². The Morgan fingerprint density at radius 3 is 2.73 bits per heavy atom. The Balaban J connectivity index is 1.88. The summed E-state index contributed by atoms with van der Waals surface area (Å²) in [7, 11) is 1.53. The van der Waals surface area contributed by atoms with E-state index in [1.807, 2.05) is 18.2 Å². The van der Waals surface area contributed by atoms with Gasteiger partial charge < -0.3 is 13.9 Å². The van der Waals surface area contributed by atoms with Crippen LogP contribution in [0.3, 0.4) is 0 Å². The van der Waals surface area contributed by atoms with Crippen LogP contribution < -0.4 is 0 Å². The second-order valence-electron chi connectivity index (χ2n) is 5.74. The van der Waals surface area contributed by atoms with Crippen LogP contribution in [0.15, 0.2) is 52.9 Å². The summed E-state index contributed by atoms with van der Waals surface area (Å²) in [6.45, 7) is 1.85. The number of para-hydroxylation sites is 1. The highest BCUT2D eigenvalue weighted by Crippen LogP contribution is 2.29. The second-order valence-corrected chi connectivity index (χ2v) is 5.74. The Morgan fingerprint density at radius 2 is 2.00 bits per heavy atom. The predicted molar refractivity (Wildman–Crippen MR) is 93.9 cm³/mol. The molecule has 0 saturated carbocycles. The van der Waals surface area contributed by atoms with Crippen LogP contribution in [0.5, 0.6) is 0 Å². The lowest BCUT2D eigenvalue weighted by molar-refractivity contribution is -0.385. The van der Waals surface area contributed by atoms with Crippen molar-refractivity contribution in [1.29, 1.82) is 0 Å². The van der Waals surface area contributed by atoms with Crippen LogP contribution in [0.4, 0.5) is 5.69 Å². The van der Waals surface area contributed by atoms with E-state index >= 15 is 0 Å². The number of rotatable bonds is 6. The molecule has 0 spiro atoms. The van der Waals surface area contributed by atoms with Crippen LogP contribution in [0.25, 0.3) is 11.0 Å². The second kappa shape index (κ2) is 7.37. The molecule has 0 aliphatic heterocycles. The standard InChI is InChI=1S/C19H17NO6/c1-12(13-6-5-7-14(10-13)20(22)23)25-19(21)18-16(11-24-2)15-8-3-4-9-17(15)26-18/h3-10,12H,11H2,1-2H3. The average Bonchev–Trinajstić information content (AvgIpc) is 3.01. The Kier molecular flexibility index (Phi) is 4.99. The van der Waals surface area contributed by atoms with Crippen LogP contribution in [0.1, 0.15) is 34.7 Å². The molecule has 0 radical (unpaired) electrons. The Bertz CT molecular complexity index is 962. The van der Waals surface area contributed by atoms with Gasteiger partial charge in [0.2, 0.25) is 5.76 Å². The number of esters is 1. The van der Waals surface area contributed by atoms with Crippen LogP contribution >= 0.6 is 0 Å². The fourth-order valence-corrected chi connectivity index (χ4v) is 2.72. The van der Waals surface area contributed by atoms with Crippen LogP contribution in [0.2, 0.25) is 0 Å². The molecule has 3 rings (SSSR count). The topological polar surface area (TPSA) is 91.8 Å². The molecule has 0 aliphatic rings. The van der Waals surface area contributed by atoms with Gasteiger partial charge >= 0.3 is 5.97 Å². The van der Waals surface area contributed by atoms with Crippen molar-refractivity contribution in [3.63, 3.8) is 0 Å². The summed E-state index contributed by atoms with van der Waals surface area (Å²) in [6.07, 6.45) is -0.675. The number of fused-ring (bicyclic) bond motifs is 1. The number of nitrogens with zero attached hydrogens (tertiary/aromatic N) is 1. The zero-order valence-electron chi connectivity index (χ0n) is 14.3. The van der Waals surface area contributed by atoms with E-state index in [0.717, 1.165) is 5.39 Å². The first-order valence-electron chi connectivity index (χ1n) is 7.96. The molecular formula is C19H17NO6. The molecule has 0 bridgehead atoms. The van der Waals surface area contributed by atoms with E-state index in [9.17, 15) is 14.9 Å². The summed E-state index contributed by atoms with van der Waals surface area (Å²) in [6, 6.07) is 13.2. The Morgan fingerprint density at radius 1 is 1.23 bits per heavy atom. The molecular weight excluding hydrogens is 338 g/mol. The minimum absolute atomic E-state index is 0.0609. The van der Waals surface area contributed by atoms with Gasteiger partial charge in [-0.15, -0.1) is 0 Å². The molecule has 7 nitrogen and oxygen atoms in total. The molecule has 0 aliphatic carbocycles. The number of ether oxygens (including phenoxy) is 2. The number of furan rings is 1. The molecule has 134 valence electrons. The fourth-order valence-electron chi connectivity index (χ4n) is 2.72. The molecule has 0 fully saturated rings. The van der Waals surface area contributed by atoms with Gasteiger partial charge in [0.05, 0.1) is 11.5 Å². The molecule has 26 heavy (non-hydrogen) atoms. The van der Waals surface area contributed by atoms with Crippen molar-refractivity contribution >= 4 is 22.6 Å². The van der Waals surface area contributed by atoms with Crippen molar-refractivity contribution in [1.82, 2.24) is 0 Å². The van der Waals surface area contributed by atoms with Gasteiger partial charge in [-0.05, 0) is 18.6 Å². The summed E-state index contributed by atoms with van der Waals surface area (Å²) < 4.78 is 16.3. The largest absolute Gasteiger partial charge is 0.452 e. The van der Waals surface area contributed by atoms with E-state index in [1.165, 1.54) is 19.2 Å². The maximum atomic E-state index is 12.6. The van der Waals surface area contributed by atoms with E-state index in [2.05, 4.69) is 0 Å². The van der Waals surface area contributed by atoms with E-state index in [4.69, 9.17) is 13.9 Å². The molecule has 1 unspecified atom stereocenters. The molecule has 0 N–H and O–H groups in total. The van der Waals surface area contributed by atoms with E-state index in [0.29, 0.717) is 16.7 Å². The van der Waals surface area contributed by atoms with Gasteiger partial charge in [-0.1, -0.05) is 30.3 Å². The number of carbonyl (C=O) groups is 1. The van der Waals surface area contributed by atoms with Crippen LogP contribution in [-0.4, -0.2) is 18.0 Å². The molecule has 7 heteroatoms. The SMILES string of the molecule is COCc1c(C(=O)OC(C)c2cccc([N+](=O)[O-])c2)oc2ccccc12. The normalized spacial score (nSPS) is 12.1. The lowest BCUT2D eigenvalue weighted by Crippen LogP contribution is -2.10. The number of hydrogen-bond donors (Lipinski definition) is 0. The van der Waals surface area contributed by atoms with Gasteiger partial charge in [-0.2, -0.15) is 0 Å². The van der Waals surface area contributed by atoms with Crippen molar-refractivity contribution < 1.29 is 23.6 Å². The van der Waals surface area contributed by atoms with Gasteiger partial charge in [-0.3, -0.25) is 10.1 Å². The summed E-state index contributed by atoms with van der Waals surface area (Å²) in [5, 5.41) is 11.7. The Hall–Kier alpha value is -3.19. The molecule has 1 atom stereocenters. The molecule has 0 amide bonds. The van der Waals surface area contributed by atoms with Crippen molar-refractivity contribution in [2.24, 2.45) is 0 Å². The highest BCUT2D eigenvalue weighted by molar-refractivity contribution is 5.96. The third kappa shape index (κ3) is 3.43. The molecule has 1 aromatic heterocycles. The number of nitro benzene ring substituents is 1. The lowest BCUT2D eigenvalue weighted by atomic mass is 10.1. The number of methoxy groups -OCH3 is 1. The fraction of sp³-hybridized carbons (Fsp3) is 0.211. The third-order valence-corrected chi connectivity index (χ3v) is 4.01. The Labute approximate surface area is 149 Å². The summed E-state index contributed by atoms with van der Waals surface area (Å²) in [5.74, 6) is -0.572. The number of carbonyl (C=O) groups excluding carboxylic acids is 1. The molecule has 3 aromatic rings. The average molecular weight is 355 g/mol. The van der Waals surface area contributed by atoms with E-state index < -0.39 is 17.0 Å². The van der Waals surface area contributed by atoms with Gasteiger partial charge in [-0.25, -0.2) is 4.79 Å². The third-order valence-electron chi connectivity index (χ3n) is 4.01. The monoisotopic (exact) mass is 355 g/mol. The summed E-state index contributed by atoms with van der Waals surface area (Å²) in [4.78, 5) is 23.0. The summed E-state index contributed by atoms with van der Waals surface area (Å²) in [5.41, 5.74) is 1.64.